The molecule has 5 heteroatoms. The third-order valence-electron chi connectivity index (χ3n) is 2.34. The minimum Gasteiger partial charge on any atom is -0.455 e. The Kier molecular flexibility index (Phi) is 2.74. The number of ether oxygens (including phenoxy) is 1. The van der Waals surface area contributed by atoms with Crippen molar-refractivity contribution in [3.8, 4) is 0 Å². The van der Waals surface area contributed by atoms with Crippen molar-refractivity contribution in [1.29, 1.82) is 0 Å². The van der Waals surface area contributed by atoms with Crippen LogP contribution in [0.1, 0.15) is 27.2 Å². The van der Waals surface area contributed by atoms with E-state index < -0.39 is 11.6 Å². The first-order chi connectivity index (χ1) is 7.38. The number of amides is 1. The lowest BCUT2D eigenvalue weighted by atomic mass is 10.1. The van der Waals surface area contributed by atoms with Crippen molar-refractivity contribution >= 4 is 23.6 Å². The van der Waals surface area contributed by atoms with Crippen LogP contribution in [0.3, 0.4) is 0 Å². The molecule has 0 bridgehead atoms. The monoisotopic (exact) mass is 241 g/mol. The van der Waals surface area contributed by atoms with E-state index in [0.29, 0.717) is 12.1 Å². The number of hydrogen-bond donors (Lipinski definition) is 0. The van der Waals surface area contributed by atoms with Crippen molar-refractivity contribution in [3.05, 3.63) is 11.8 Å². The zero-order chi connectivity index (χ0) is 11.9. The van der Waals surface area contributed by atoms with E-state index in [1.54, 1.807) is 22.7 Å². The fourth-order valence-corrected chi connectivity index (χ4v) is 2.78. The van der Waals surface area contributed by atoms with Crippen LogP contribution in [0.15, 0.2) is 11.8 Å². The van der Waals surface area contributed by atoms with Gasteiger partial charge in [0.1, 0.15) is 11.3 Å². The van der Waals surface area contributed by atoms with Crippen LogP contribution in [-0.2, 0) is 14.3 Å². The van der Waals surface area contributed by atoms with Crippen molar-refractivity contribution < 1.29 is 14.3 Å². The summed E-state index contributed by atoms with van der Waals surface area (Å²) in [6, 6.07) is 0. The van der Waals surface area contributed by atoms with Crippen molar-refractivity contribution in [2.24, 2.45) is 0 Å². The molecule has 0 aliphatic carbocycles. The van der Waals surface area contributed by atoms with E-state index >= 15 is 0 Å². The second-order valence-corrected chi connectivity index (χ2v) is 6.06. The molecule has 0 N–H and O–H groups in total. The van der Waals surface area contributed by atoms with E-state index in [9.17, 15) is 9.59 Å². The SMILES string of the molecule is CC(C)(C)OC(=O)C1=CCSC2CC(=O)N12. The molecule has 2 rings (SSSR count). The molecule has 1 unspecified atom stereocenters. The number of rotatable bonds is 1. The van der Waals surface area contributed by atoms with Gasteiger partial charge in [-0.15, -0.1) is 11.8 Å². The second-order valence-electron chi connectivity index (χ2n) is 4.85. The summed E-state index contributed by atoms with van der Waals surface area (Å²) in [6.07, 6.45) is 2.30. The summed E-state index contributed by atoms with van der Waals surface area (Å²) < 4.78 is 5.27. The molecule has 1 atom stereocenters. The molecule has 1 saturated heterocycles. The molecule has 2 aliphatic rings. The van der Waals surface area contributed by atoms with Crippen molar-refractivity contribution in [2.75, 3.05) is 5.75 Å². The maximum absolute atomic E-state index is 11.9. The van der Waals surface area contributed by atoms with Gasteiger partial charge in [0.05, 0.1) is 11.8 Å². The highest BCUT2D eigenvalue weighted by Crippen LogP contribution is 2.37. The smallest absolute Gasteiger partial charge is 0.355 e. The molecule has 88 valence electrons. The lowest BCUT2D eigenvalue weighted by Crippen LogP contribution is -2.53. The van der Waals surface area contributed by atoms with Gasteiger partial charge in [0, 0.05) is 5.75 Å². The van der Waals surface area contributed by atoms with Crippen LogP contribution in [0.2, 0.25) is 0 Å². The second kappa shape index (κ2) is 3.80. The van der Waals surface area contributed by atoms with Gasteiger partial charge in [0.2, 0.25) is 5.91 Å². The first-order valence-corrected chi connectivity index (χ1v) is 6.30. The van der Waals surface area contributed by atoms with Gasteiger partial charge in [-0.05, 0) is 26.8 Å². The van der Waals surface area contributed by atoms with E-state index in [-0.39, 0.29) is 11.3 Å². The van der Waals surface area contributed by atoms with Gasteiger partial charge in [-0.2, -0.15) is 0 Å². The number of thioether (sulfide) groups is 1. The Morgan fingerprint density at radius 3 is 2.81 bits per heavy atom. The normalized spacial score (nSPS) is 24.4. The summed E-state index contributed by atoms with van der Waals surface area (Å²) in [5, 5.41) is 0.139. The topological polar surface area (TPSA) is 46.6 Å². The first kappa shape index (κ1) is 11.5. The van der Waals surface area contributed by atoms with E-state index in [0.717, 1.165) is 5.75 Å². The van der Waals surface area contributed by atoms with Crippen molar-refractivity contribution in [2.45, 2.75) is 38.2 Å². The average molecular weight is 241 g/mol. The van der Waals surface area contributed by atoms with Gasteiger partial charge in [-0.3, -0.25) is 9.69 Å². The molecule has 2 heterocycles. The molecule has 0 aromatic carbocycles. The fourth-order valence-electron chi connectivity index (χ4n) is 1.66. The summed E-state index contributed by atoms with van der Waals surface area (Å²) in [5.41, 5.74) is -0.110. The van der Waals surface area contributed by atoms with Gasteiger partial charge in [0.15, 0.2) is 0 Å². The Morgan fingerprint density at radius 2 is 2.25 bits per heavy atom. The summed E-state index contributed by atoms with van der Waals surface area (Å²) in [7, 11) is 0. The number of esters is 1. The minimum absolute atomic E-state index is 0.00862. The molecule has 1 amide bonds. The van der Waals surface area contributed by atoms with E-state index in [4.69, 9.17) is 4.74 Å². The van der Waals surface area contributed by atoms with Gasteiger partial charge in [-0.25, -0.2) is 4.79 Å². The molecule has 0 radical (unpaired) electrons. The maximum atomic E-state index is 11.9. The number of carbonyl (C=O) groups excluding carboxylic acids is 2. The molecule has 4 nitrogen and oxygen atoms in total. The molecule has 1 fully saturated rings. The lowest BCUT2D eigenvalue weighted by Gasteiger charge is -2.43. The molecule has 0 saturated carbocycles. The van der Waals surface area contributed by atoms with Crippen LogP contribution in [0, 0.1) is 0 Å². The molecule has 0 aromatic rings. The van der Waals surface area contributed by atoms with Crippen LogP contribution in [0.25, 0.3) is 0 Å². The summed E-state index contributed by atoms with van der Waals surface area (Å²) in [6.45, 7) is 5.45. The number of fused-ring (bicyclic) bond motifs is 1. The number of nitrogens with zero attached hydrogens (tertiary/aromatic N) is 1. The first-order valence-electron chi connectivity index (χ1n) is 5.26. The van der Waals surface area contributed by atoms with Crippen LogP contribution in [0.4, 0.5) is 0 Å². The minimum atomic E-state index is -0.522. The predicted molar refractivity (Wildman–Crippen MR) is 61.6 cm³/mol. The Balaban J connectivity index is 2.11. The highest BCUT2D eigenvalue weighted by molar-refractivity contribution is 8.00. The maximum Gasteiger partial charge on any atom is 0.355 e. The summed E-state index contributed by atoms with van der Waals surface area (Å²) in [4.78, 5) is 24.8. The highest BCUT2D eigenvalue weighted by atomic mass is 32.2. The van der Waals surface area contributed by atoms with E-state index in [2.05, 4.69) is 0 Å². The van der Waals surface area contributed by atoms with Gasteiger partial charge < -0.3 is 4.74 Å². The molecular weight excluding hydrogens is 226 g/mol. The van der Waals surface area contributed by atoms with Crippen LogP contribution >= 0.6 is 11.8 Å². The number of carbonyl (C=O) groups is 2. The summed E-state index contributed by atoms with van der Waals surface area (Å²) >= 11 is 1.68. The number of β-lactam (4-membered cyclic amide) rings is 1. The predicted octanol–water partition coefficient (Wildman–Crippen LogP) is 1.52. The Hall–Kier alpha value is -0.970. The Bertz CT molecular complexity index is 370. The van der Waals surface area contributed by atoms with E-state index in [1.807, 2.05) is 20.8 Å². The standard InChI is InChI=1S/C11H15NO3S/c1-11(2,3)15-10(14)7-4-5-16-9-6-8(13)12(7)9/h4,9H,5-6H2,1-3H3. The Morgan fingerprint density at radius 1 is 1.56 bits per heavy atom. The molecule has 16 heavy (non-hydrogen) atoms. The average Bonchev–Trinajstić information content (AvgIpc) is 2.12. The van der Waals surface area contributed by atoms with Crippen LogP contribution in [-0.4, -0.2) is 33.5 Å². The lowest BCUT2D eigenvalue weighted by molar-refractivity contribution is -0.157. The molecule has 0 spiro atoms. The van der Waals surface area contributed by atoms with Crippen LogP contribution < -0.4 is 0 Å². The molecule has 2 aliphatic heterocycles. The third-order valence-corrected chi connectivity index (χ3v) is 3.46. The van der Waals surface area contributed by atoms with Crippen molar-refractivity contribution in [3.63, 3.8) is 0 Å². The van der Waals surface area contributed by atoms with Crippen molar-refractivity contribution in [1.82, 2.24) is 4.90 Å². The third kappa shape index (κ3) is 2.09. The van der Waals surface area contributed by atoms with E-state index in [1.165, 1.54) is 0 Å². The highest BCUT2D eigenvalue weighted by Gasteiger charge is 2.43. The van der Waals surface area contributed by atoms with Gasteiger partial charge in [0.25, 0.3) is 0 Å². The number of hydrogen-bond acceptors (Lipinski definition) is 4. The molecular formula is C11H15NO3S. The largest absolute Gasteiger partial charge is 0.455 e. The quantitative estimate of drug-likeness (QED) is 0.516. The summed E-state index contributed by atoms with van der Waals surface area (Å²) in [5.74, 6) is 0.378. The van der Waals surface area contributed by atoms with Gasteiger partial charge in [-0.1, -0.05) is 0 Å². The zero-order valence-corrected chi connectivity index (χ0v) is 10.5. The van der Waals surface area contributed by atoms with Gasteiger partial charge >= 0.3 is 5.97 Å². The Labute approximate surface area is 99.0 Å². The molecule has 0 aromatic heterocycles. The van der Waals surface area contributed by atoms with Crippen LogP contribution in [0.5, 0.6) is 0 Å². The zero-order valence-electron chi connectivity index (χ0n) is 9.65. The fraction of sp³-hybridized carbons (Fsp3) is 0.636.